The van der Waals surface area contributed by atoms with Crippen LogP contribution in [0.1, 0.15) is 165 Å². The first-order valence-corrected chi connectivity index (χ1v) is 40.6. The molecule has 16 rings (SSSR count). The third-order valence-electron chi connectivity index (χ3n) is 23.5. The third kappa shape index (κ3) is 21.2. The number of likely N-dealkylation sites (tertiary alicyclic amines) is 3. The van der Waals surface area contributed by atoms with E-state index in [0.29, 0.717) is 77.4 Å². The maximum absolute atomic E-state index is 13.3. The van der Waals surface area contributed by atoms with Gasteiger partial charge in [0.05, 0.1) is 42.5 Å². The highest BCUT2D eigenvalue weighted by atomic mass is 35.5. The summed E-state index contributed by atoms with van der Waals surface area (Å²) in [4.78, 5) is 54.7. The second-order valence-corrected chi connectivity index (χ2v) is 32.4. The number of carboxylic acids is 1. The quantitative estimate of drug-likeness (QED) is 0.0589. The minimum Gasteiger partial charge on any atom is -0.508 e. The summed E-state index contributed by atoms with van der Waals surface area (Å²) in [5, 5.41) is 33.7. The summed E-state index contributed by atoms with van der Waals surface area (Å²) in [7, 11) is 0. The van der Waals surface area contributed by atoms with E-state index in [9.17, 15) is 29.4 Å². The van der Waals surface area contributed by atoms with E-state index in [-0.39, 0.29) is 42.2 Å². The number of aromatic hydroxyl groups is 1. The largest absolute Gasteiger partial charge is 0.508 e. The number of piperidine rings is 4. The number of hydrogen-bond donors (Lipinski definition) is 4. The molecule has 584 valence electrons. The van der Waals surface area contributed by atoms with E-state index < -0.39 is 16.8 Å². The summed E-state index contributed by atoms with van der Waals surface area (Å²) in [6.45, 7) is 16.0. The van der Waals surface area contributed by atoms with Crippen LogP contribution in [0.5, 0.6) is 34.5 Å². The second kappa shape index (κ2) is 39.3. The minimum absolute atomic E-state index is 0.0419. The molecule has 4 N–H and O–H groups in total. The van der Waals surface area contributed by atoms with E-state index in [2.05, 4.69) is 39.4 Å². The van der Waals surface area contributed by atoms with Gasteiger partial charge >= 0.3 is 17.9 Å². The standard InChI is InChI=1S/C24H28ClNO3.C19H24ClNO3.C17H24ClNO.C11H11ClO2.C8H15NO2.C7H6O3/c25-20-6-4-19(5-7-20)24(10-2-11-24)16-26-12-1-3-18(14-26)15-27-21-8-9-22-23(13-21)29-17-28-22;1-2-24-17(22)14-5-3-12-21(13-14)18(23)19(10-4-11-19)15-6-8-16(20)9-7-15;18-16-6-4-15(5-7-16)17(8-2-9-17)13-19-10-1-3-14(11-19)12-20;12-9-4-2-8(3-5-9)11(10(13)14)6-1-7-11;1-2-11-8(10)7-4-3-5-9-6-7;8-5-1-2-6-7(3-5)10-4-9-6/h4-9,13,18H,1-3,10-12,14-17H2;6-9,14H,2-5,10-13H2,1H3;4-7,14,20H,1-3,8-13H2;2-5H,1,6-7H2,(H,13,14);7,9H,2-6H2,1H3;1-3,8H,4H2/t18-;2*14-;;7-;/m000.0./s1. The van der Waals surface area contributed by atoms with Gasteiger partial charge in [-0.25, -0.2) is 0 Å². The molecule has 6 aliphatic heterocycles. The molecule has 0 aromatic heterocycles. The van der Waals surface area contributed by atoms with Gasteiger partial charge in [0.25, 0.3) is 0 Å². The maximum Gasteiger partial charge on any atom is 0.314 e. The van der Waals surface area contributed by atoms with Gasteiger partial charge in [0.1, 0.15) is 11.5 Å². The smallest absolute Gasteiger partial charge is 0.314 e. The van der Waals surface area contributed by atoms with Crippen LogP contribution < -0.4 is 29.0 Å². The molecule has 8 fully saturated rings. The van der Waals surface area contributed by atoms with E-state index >= 15 is 0 Å². The van der Waals surface area contributed by atoms with Crippen molar-refractivity contribution in [2.24, 2.45) is 23.7 Å². The Labute approximate surface area is 657 Å². The van der Waals surface area contributed by atoms with Crippen molar-refractivity contribution in [1.29, 1.82) is 0 Å². The highest BCUT2D eigenvalue weighted by Gasteiger charge is 2.50. The molecule has 4 saturated carbocycles. The molecule has 1 amide bonds. The van der Waals surface area contributed by atoms with Crippen molar-refractivity contribution >= 4 is 70.2 Å². The molecular formula is C86H108Cl4N4O14. The predicted octanol–water partition coefficient (Wildman–Crippen LogP) is 16.8. The number of phenolic OH excluding ortho intramolecular Hbond substituents is 1. The molecule has 0 spiro atoms. The first-order valence-electron chi connectivity index (χ1n) is 39.1. The summed E-state index contributed by atoms with van der Waals surface area (Å²) in [6.07, 6.45) is 21.7. The Morgan fingerprint density at radius 1 is 0.491 bits per heavy atom. The first-order chi connectivity index (χ1) is 52.3. The molecule has 0 radical (unpaired) electrons. The van der Waals surface area contributed by atoms with Gasteiger partial charge in [-0.1, -0.05) is 121 Å². The fourth-order valence-electron chi connectivity index (χ4n) is 16.8. The number of benzene rings is 6. The summed E-state index contributed by atoms with van der Waals surface area (Å²) in [5.74, 6) is 4.12. The van der Waals surface area contributed by atoms with Crippen molar-refractivity contribution in [3.8, 4) is 34.5 Å². The Bertz CT molecular complexity index is 3870. The van der Waals surface area contributed by atoms with Gasteiger partial charge in [-0.2, -0.15) is 0 Å². The zero-order valence-corrected chi connectivity index (χ0v) is 65.7. The molecule has 0 unspecified atom stereocenters. The van der Waals surface area contributed by atoms with Crippen LogP contribution in [0.3, 0.4) is 0 Å². The lowest BCUT2D eigenvalue weighted by atomic mass is 9.63. The van der Waals surface area contributed by atoms with Crippen LogP contribution in [0.4, 0.5) is 0 Å². The average Bonchev–Trinajstić information content (AvgIpc) is 1.32. The lowest BCUT2D eigenvalue weighted by Crippen LogP contribution is -2.54. The molecule has 22 heteroatoms. The van der Waals surface area contributed by atoms with Crippen molar-refractivity contribution in [1.82, 2.24) is 20.0 Å². The monoisotopic (exact) mass is 1560 g/mol. The number of ether oxygens (including phenoxy) is 7. The predicted molar refractivity (Wildman–Crippen MR) is 421 cm³/mol. The fraction of sp³-hybridized carbons (Fsp3) is 0.535. The summed E-state index contributed by atoms with van der Waals surface area (Å²) in [6, 6.07) is 42.3. The number of amides is 1. The number of carboxylic acid groups (broad SMARTS) is 1. The van der Waals surface area contributed by atoms with Crippen LogP contribution in [0.15, 0.2) is 133 Å². The van der Waals surface area contributed by atoms with E-state index in [1.807, 2.05) is 97.6 Å². The number of aliphatic hydroxyl groups is 1. The second-order valence-electron chi connectivity index (χ2n) is 30.6. The summed E-state index contributed by atoms with van der Waals surface area (Å²) < 4.78 is 37.0. The highest BCUT2D eigenvalue weighted by Crippen LogP contribution is 2.49. The van der Waals surface area contributed by atoms with Crippen LogP contribution >= 0.6 is 46.4 Å². The number of carbonyl (C=O) groups excluding carboxylic acids is 3. The number of esters is 2. The van der Waals surface area contributed by atoms with Crippen molar-refractivity contribution in [3.05, 3.63) is 176 Å². The average molecular weight is 1560 g/mol. The molecule has 4 aliphatic carbocycles. The Balaban J connectivity index is 0.000000134. The van der Waals surface area contributed by atoms with Crippen molar-refractivity contribution in [2.75, 3.05) is 105 Å². The Hall–Kier alpha value is -7.00. The Kier molecular flexibility index (Phi) is 29.8. The molecular weight excluding hydrogens is 1450 g/mol. The Morgan fingerprint density at radius 2 is 0.935 bits per heavy atom. The van der Waals surface area contributed by atoms with Crippen molar-refractivity contribution in [2.45, 2.75) is 164 Å². The normalized spacial score (nSPS) is 22.2. The maximum atomic E-state index is 13.3. The zero-order chi connectivity index (χ0) is 76.1. The van der Waals surface area contributed by atoms with Gasteiger partial charge in [-0.3, -0.25) is 19.2 Å². The number of aliphatic hydroxyl groups excluding tert-OH is 1. The summed E-state index contributed by atoms with van der Waals surface area (Å²) in [5.41, 5.74) is 4.39. The van der Waals surface area contributed by atoms with Crippen LogP contribution in [0.25, 0.3) is 0 Å². The van der Waals surface area contributed by atoms with E-state index in [0.717, 1.165) is 155 Å². The molecule has 4 atom stereocenters. The molecule has 4 saturated heterocycles. The summed E-state index contributed by atoms with van der Waals surface area (Å²) >= 11 is 23.9. The number of nitrogens with zero attached hydrogens (tertiary/aromatic N) is 3. The molecule has 108 heavy (non-hydrogen) atoms. The molecule has 6 aromatic rings. The molecule has 0 bridgehead atoms. The number of rotatable bonds is 18. The van der Waals surface area contributed by atoms with Gasteiger partial charge in [0, 0.05) is 101 Å². The van der Waals surface area contributed by atoms with Crippen LogP contribution in [-0.4, -0.2) is 159 Å². The number of fused-ring (bicyclic) bond motifs is 2. The van der Waals surface area contributed by atoms with Gasteiger partial charge < -0.3 is 68.5 Å². The van der Waals surface area contributed by atoms with E-state index in [1.165, 1.54) is 94.5 Å². The molecule has 6 aromatic carbocycles. The van der Waals surface area contributed by atoms with Crippen molar-refractivity contribution in [3.63, 3.8) is 0 Å². The van der Waals surface area contributed by atoms with Gasteiger partial charge in [0.15, 0.2) is 23.0 Å². The van der Waals surface area contributed by atoms with Crippen LogP contribution in [0, 0.1) is 23.7 Å². The third-order valence-corrected chi connectivity index (χ3v) is 24.5. The lowest BCUT2D eigenvalue weighted by Gasteiger charge is -2.47. The van der Waals surface area contributed by atoms with Gasteiger partial charge in [-0.05, 0) is 237 Å². The van der Waals surface area contributed by atoms with E-state index in [1.54, 1.807) is 24.3 Å². The topological polar surface area (TPSA) is 215 Å². The number of nitrogens with one attached hydrogen (secondary N) is 1. The number of hydrogen-bond acceptors (Lipinski definition) is 16. The minimum atomic E-state index is -0.717. The molecule has 6 heterocycles. The van der Waals surface area contributed by atoms with Gasteiger partial charge in [-0.15, -0.1) is 0 Å². The first kappa shape index (κ1) is 82.0. The number of phenols is 1. The highest BCUT2D eigenvalue weighted by molar-refractivity contribution is 6.31. The number of carbonyl (C=O) groups is 4. The lowest BCUT2D eigenvalue weighted by molar-refractivity contribution is -0.153. The zero-order valence-electron chi connectivity index (χ0n) is 62.7. The van der Waals surface area contributed by atoms with Crippen molar-refractivity contribution < 1.29 is 67.7 Å². The van der Waals surface area contributed by atoms with Crippen LogP contribution in [0.2, 0.25) is 20.1 Å². The number of aliphatic carboxylic acids is 1. The SMILES string of the molecule is CCOC(=O)[C@H]1CCCN(C(=O)C2(c3ccc(Cl)cc3)CCC2)C1.CCOC(=O)[C@H]1CCCNC1.Clc1ccc(C2(CN3CCC[C@H](COc4ccc5c(c4)OCO5)C3)CCC2)cc1.O=C(O)C1(c2ccc(Cl)cc2)CCC1.OC[C@H]1CCCN(CC2(c3ccc(Cl)cc3)CCC2)C1.Oc1ccc2c(c1)OCO2. The molecule has 10 aliphatic rings. The number of halogens is 4. The van der Waals surface area contributed by atoms with E-state index in [4.69, 9.17) is 84.7 Å². The fourth-order valence-corrected chi connectivity index (χ4v) is 17.3. The van der Waals surface area contributed by atoms with Crippen LogP contribution in [-0.2, 0) is 50.3 Å². The Morgan fingerprint density at radius 3 is 1.40 bits per heavy atom. The molecule has 18 nitrogen and oxygen atoms in total. The van der Waals surface area contributed by atoms with Gasteiger partial charge in [0.2, 0.25) is 19.5 Å².